The fourth-order valence-electron chi connectivity index (χ4n) is 2.69. The van der Waals surface area contributed by atoms with Gasteiger partial charge in [0.25, 0.3) is 0 Å². The fraction of sp³-hybridized carbons (Fsp3) is 0.533. The molecule has 0 spiro atoms. The Morgan fingerprint density at radius 3 is 2.79 bits per heavy atom. The molecule has 1 aliphatic heterocycles. The van der Waals surface area contributed by atoms with E-state index in [0.29, 0.717) is 18.5 Å². The number of nitrogens with one attached hydrogen (secondary N) is 1. The molecule has 0 aliphatic carbocycles. The molecule has 0 aromatic heterocycles. The summed E-state index contributed by atoms with van der Waals surface area (Å²) in [5.41, 5.74) is 1.29. The Bertz CT molecular complexity index is 408. The van der Waals surface area contributed by atoms with Gasteiger partial charge in [-0.25, -0.2) is 0 Å². The van der Waals surface area contributed by atoms with Crippen LogP contribution in [-0.4, -0.2) is 41.1 Å². The smallest absolute Gasteiger partial charge is 0.303 e. The van der Waals surface area contributed by atoms with Crippen molar-refractivity contribution in [2.45, 2.75) is 38.4 Å². The number of carboxylic acids is 1. The number of aliphatic carboxylic acids is 1. The summed E-state index contributed by atoms with van der Waals surface area (Å²) < 4.78 is 0. The number of hydrogen-bond acceptors (Lipinski definition) is 3. The second-order valence-corrected chi connectivity index (χ2v) is 5.25. The van der Waals surface area contributed by atoms with Crippen LogP contribution in [0.5, 0.6) is 0 Å². The zero-order valence-corrected chi connectivity index (χ0v) is 11.4. The molecule has 0 radical (unpaired) electrons. The van der Waals surface area contributed by atoms with Gasteiger partial charge in [-0.3, -0.25) is 9.69 Å². The lowest BCUT2D eigenvalue weighted by Gasteiger charge is -2.41. The lowest BCUT2D eigenvalue weighted by Crippen LogP contribution is -2.55. The highest BCUT2D eigenvalue weighted by atomic mass is 16.4. The second-order valence-electron chi connectivity index (χ2n) is 5.25. The summed E-state index contributed by atoms with van der Waals surface area (Å²) >= 11 is 0. The summed E-state index contributed by atoms with van der Waals surface area (Å²) in [5, 5.41) is 12.2. The van der Waals surface area contributed by atoms with Gasteiger partial charge in [-0.05, 0) is 18.9 Å². The Hall–Kier alpha value is -1.39. The van der Waals surface area contributed by atoms with E-state index in [9.17, 15) is 4.79 Å². The van der Waals surface area contributed by atoms with Crippen molar-refractivity contribution in [1.29, 1.82) is 0 Å². The summed E-state index contributed by atoms with van der Waals surface area (Å²) in [6.07, 6.45) is 0.948. The summed E-state index contributed by atoms with van der Waals surface area (Å²) in [5.74, 6) is -0.710. The van der Waals surface area contributed by atoms with Crippen LogP contribution in [-0.2, 0) is 11.3 Å². The maximum Gasteiger partial charge on any atom is 0.303 e. The topological polar surface area (TPSA) is 52.6 Å². The minimum atomic E-state index is -0.710. The molecule has 1 aromatic rings. The van der Waals surface area contributed by atoms with Crippen LogP contribution in [0.1, 0.15) is 25.3 Å². The number of rotatable bonds is 5. The zero-order chi connectivity index (χ0) is 13.7. The van der Waals surface area contributed by atoms with E-state index in [1.807, 2.05) is 6.07 Å². The van der Waals surface area contributed by atoms with E-state index in [0.717, 1.165) is 19.6 Å². The zero-order valence-electron chi connectivity index (χ0n) is 11.4. The van der Waals surface area contributed by atoms with E-state index in [-0.39, 0.29) is 6.42 Å². The van der Waals surface area contributed by atoms with Gasteiger partial charge in [0, 0.05) is 38.1 Å². The van der Waals surface area contributed by atoms with Crippen molar-refractivity contribution in [1.82, 2.24) is 10.2 Å². The molecule has 1 aliphatic rings. The average molecular weight is 262 g/mol. The SMILES string of the molecule is CC1CNCC(CCC(=O)O)N1Cc1ccccc1. The third kappa shape index (κ3) is 4.04. The molecule has 19 heavy (non-hydrogen) atoms. The summed E-state index contributed by atoms with van der Waals surface area (Å²) in [6.45, 7) is 4.94. The molecule has 2 unspecified atom stereocenters. The van der Waals surface area contributed by atoms with Crippen molar-refractivity contribution in [2.75, 3.05) is 13.1 Å². The maximum absolute atomic E-state index is 10.7. The molecule has 2 atom stereocenters. The largest absolute Gasteiger partial charge is 0.481 e. The number of benzene rings is 1. The minimum Gasteiger partial charge on any atom is -0.481 e. The first-order valence-electron chi connectivity index (χ1n) is 6.89. The fourth-order valence-corrected chi connectivity index (χ4v) is 2.69. The lowest BCUT2D eigenvalue weighted by molar-refractivity contribution is -0.137. The summed E-state index contributed by atoms with van der Waals surface area (Å²) in [4.78, 5) is 13.2. The Kier molecular flexibility index (Phi) is 4.93. The van der Waals surface area contributed by atoms with E-state index < -0.39 is 5.97 Å². The molecule has 1 heterocycles. The highest BCUT2D eigenvalue weighted by molar-refractivity contribution is 5.66. The summed E-state index contributed by atoms with van der Waals surface area (Å²) in [6, 6.07) is 11.1. The van der Waals surface area contributed by atoms with Gasteiger partial charge in [0.15, 0.2) is 0 Å². The molecule has 104 valence electrons. The summed E-state index contributed by atoms with van der Waals surface area (Å²) in [7, 11) is 0. The number of carboxylic acid groups (broad SMARTS) is 1. The van der Waals surface area contributed by atoms with Gasteiger partial charge in [0.2, 0.25) is 0 Å². The molecule has 0 bridgehead atoms. The van der Waals surface area contributed by atoms with E-state index in [4.69, 9.17) is 5.11 Å². The standard InChI is InChI=1S/C15H22N2O2/c1-12-9-16-10-14(7-8-15(18)19)17(12)11-13-5-3-2-4-6-13/h2-6,12,14,16H,7-11H2,1H3,(H,18,19). The van der Waals surface area contributed by atoms with Gasteiger partial charge in [-0.2, -0.15) is 0 Å². The maximum atomic E-state index is 10.7. The van der Waals surface area contributed by atoms with Gasteiger partial charge >= 0.3 is 5.97 Å². The number of carbonyl (C=O) groups is 1. The molecule has 1 fully saturated rings. The van der Waals surface area contributed by atoms with Gasteiger partial charge in [-0.1, -0.05) is 30.3 Å². The van der Waals surface area contributed by atoms with Crippen LogP contribution in [0.15, 0.2) is 30.3 Å². The first-order valence-corrected chi connectivity index (χ1v) is 6.89. The Morgan fingerprint density at radius 2 is 2.11 bits per heavy atom. The van der Waals surface area contributed by atoms with Crippen LogP contribution >= 0.6 is 0 Å². The van der Waals surface area contributed by atoms with Crippen LogP contribution in [0.2, 0.25) is 0 Å². The molecule has 2 rings (SSSR count). The Labute approximate surface area is 114 Å². The molecule has 1 aromatic carbocycles. The molecule has 2 N–H and O–H groups in total. The van der Waals surface area contributed by atoms with Crippen molar-refractivity contribution in [3.63, 3.8) is 0 Å². The molecule has 4 heteroatoms. The molecule has 0 amide bonds. The quantitative estimate of drug-likeness (QED) is 0.848. The van der Waals surface area contributed by atoms with E-state index in [1.54, 1.807) is 0 Å². The molecule has 1 saturated heterocycles. The molecular formula is C15H22N2O2. The van der Waals surface area contributed by atoms with Crippen LogP contribution in [0.3, 0.4) is 0 Å². The van der Waals surface area contributed by atoms with Crippen LogP contribution in [0.4, 0.5) is 0 Å². The number of hydrogen-bond donors (Lipinski definition) is 2. The monoisotopic (exact) mass is 262 g/mol. The van der Waals surface area contributed by atoms with Crippen molar-refractivity contribution < 1.29 is 9.90 Å². The molecule has 4 nitrogen and oxygen atoms in total. The van der Waals surface area contributed by atoms with Gasteiger partial charge in [-0.15, -0.1) is 0 Å². The van der Waals surface area contributed by atoms with E-state index >= 15 is 0 Å². The highest BCUT2D eigenvalue weighted by Crippen LogP contribution is 2.18. The van der Waals surface area contributed by atoms with Crippen molar-refractivity contribution in [2.24, 2.45) is 0 Å². The van der Waals surface area contributed by atoms with Crippen molar-refractivity contribution in [3.05, 3.63) is 35.9 Å². The number of piperazine rings is 1. The van der Waals surface area contributed by atoms with Crippen LogP contribution < -0.4 is 5.32 Å². The van der Waals surface area contributed by atoms with Gasteiger partial charge in [0.1, 0.15) is 0 Å². The van der Waals surface area contributed by atoms with Crippen molar-refractivity contribution >= 4 is 5.97 Å². The molecule has 0 saturated carbocycles. The van der Waals surface area contributed by atoms with Gasteiger partial charge in [0.05, 0.1) is 0 Å². The lowest BCUT2D eigenvalue weighted by atomic mass is 10.0. The third-order valence-corrected chi connectivity index (χ3v) is 3.75. The van der Waals surface area contributed by atoms with E-state index in [2.05, 4.69) is 41.4 Å². The number of nitrogens with zero attached hydrogens (tertiary/aromatic N) is 1. The van der Waals surface area contributed by atoms with Gasteiger partial charge < -0.3 is 10.4 Å². The highest BCUT2D eigenvalue weighted by Gasteiger charge is 2.27. The minimum absolute atomic E-state index is 0.240. The van der Waals surface area contributed by atoms with Crippen LogP contribution in [0, 0.1) is 0 Å². The predicted octanol–water partition coefficient (Wildman–Crippen LogP) is 1.71. The van der Waals surface area contributed by atoms with E-state index in [1.165, 1.54) is 5.56 Å². The third-order valence-electron chi connectivity index (χ3n) is 3.75. The second kappa shape index (κ2) is 6.68. The normalized spacial score (nSPS) is 24.3. The molecular weight excluding hydrogens is 240 g/mol. The first-order chi connectivity index (χ1) is 9.16. The average Bonchev–Trinajstić information content (AvgIpc) is 2.40. The van der Waals surface area contributed by atoms with Crippen molar-refractivity contribution in [3.8, 4) is 0 Å². The predicted molar refractivity (Wildman–Crippen MR) is 75.0 cm³/mol. The first kappa shape index (κ1) is 14.0. The van der Waals surface area contributed by atoms with Crippen LogP contribution in [0.25, 0.3) is 0 Å². The Morgan fingerprint density at radius 1 is 1.37 bits per heavy atom. The Balaban J connectivity index is 2.01.